The van der Waals surface area contributed by atoms with E-state index in [0.717, 1.165) is 12.8 Å². The standard InChI is InChI=1S/C43H42N2/c1-29-12-5-6-17-35(29)32-13-11-16-34(26-32)45-40-20-9-7-18-36(40)38-24-22-31(28-43(38)45)30-23-25-42-39(27-30)37-19-8-10-21-41(37)44(42)33-14-3-2-4-15-33/h5-11,13-14,16-27,29,31,36,38,40,43H,2-4,12,15,28H2,1H3. The maximum Gasteiger partial charge on any atom is 0.0548 e. The lowest BCUT2D eigenvalue weighted by atomic mass is 9.76. The first-order valence-electron chi connectivity index (χ1n) is 17.3. The predicted molar refractivity (Wildman–Crippen MR) is 191 cm³/mol. The average molecular weight is 587 g/mol. The van der Waals surface area contributed by atoms with Gasteiger partial charge in [0.05, 0.1) is 17.1 Å². The van der Waals surface area contributed by atoms with Crippen molar-refractivity contribution < 1.29 is 0 Å². The van der Waals surface area contributed by atoms with Crippen molar-refractivity contribution in [1.29, 1.82) is 0 Å². The van der Waals surface area contributed by atoms with Crippen molar-refractivity contribution in [1.82, 2.24) is 4.57 Å². The molecule has 9 rings (SSSR count). The number of nitrogens with zero attached hydrogens (tertiary/aromatic N) is 2. The highest BCUT2D eigenvalue weighted by molar-refractivity contribution is 6.10. The van der Waals surface area contributed by atoms with Gasteiger partial charge in [0, 0.05) is 46.0 Å². The fourth-order valence-electron chi connectivity index (χ4n) is 9.18. The van der Waals surface area contributed by atoms with Gasteiger partial charge in [-0.1, -0.05) is 104 Å². The summed E-state index contributed by atoms with van der Waals surface area (Å²) >= 11 is 0. The minimum atomic E-state index is 0.394. The maximum atomic E-state index is 2.78. The Morgan fingerprint density at radius 2 is 1.67 bits per heavy atom. The zero-order valence-corrected chi connectivity index (χ0v) is 26.2. The summed E-state index contributed by atoms with van der Waals surface area (Å²) in [4.78, 5) is 2.78. The van der Waals surface area contributed by atoms with Crippen LogP contribution in [0.2, 0.25) is 0 Å². The van der Waals surface area contributed by atoms with Crippen LogP contribution in [-0.4, -0.2) is 16.7 Å². The smallest absolute Gasteiger partial charge is 0.0548 e. The lowest BCUT2D eigenvalue weighted by Gasteiger charge is -2.36. The highest BCUT2D eigenvalue weighted by atomic mass is 15.2. The van der Waals surface area contributed by atoms with Crippen LogP contribution in [0.5, 0.6) is 0 Å². The van der Waals surface area contributed by atoms with E-state index in [0.29, 0.717) is 35.8 Å². The lowest BCUT2D eigenvalue weighted by Crippen LogP contribution is -2.39. The first kappa shape index (κ1) is 27.0. The molecule has 0 radical (unpaired) electrons. The second-order valence-corrected chi connectivity index (χ2v) is 13.9. The second-order valence-electron chi connectivity index (χ2n) is 13.9. The molecular formula is C43H42N2. The third-order valence-corrected chi connectivity index (χ3v) is 11.4. The molecule has 224 valence electrons. The van der Waals surface area contributed by atoms with Crippen LogP contribution in [-0.2, 0) is 0 Å². The summed E-state index contributed by atoms with van der Waals surface area (Å²) in [6, 6.07) is 26.7. The van der Waals surface area contributed by atoms with Crippen molar-refractivity contribution >= 4 is 38.8 Å². The number of hydrogen-bond donors (Lipinski definition) is 0. The van der Waals surface area contributed by atoms with Crippen molar-refractivity contribution in [3.63, 3.8) is 0 Å². The van der Waals surface area contributed by atoms with Crippen LogP contribution in [0.4, 0.5) is 5.69 Å². The molecule has 4 aromatic rings. The number of rotatable bonds is 4. The molecule has 2 heteroatoms. The maximum absolute atomic E-state index is 2.78. The van der Waals surface area contributed by atoms with Crippen LogP contribution in [0.1, 0.15) is 62.5 Å². The number of fused-ring (bicyclic) bond motifs is 6. The molecule has 3 aromatic carbocycles. The molecule has 45 heavy (non-hydrogen) atoms. The molecule has 2 nitrogen and oxygen atoms in total. The molecule has 0 amide bonds. The topological polar surface area (TPSA) is 8.17 Å². The molecule has 1 aliphatic heterocycles. The Hall–Kier alpha value is -4.30. The van der Waals surface area contributed by atoms with E-state index in [-0.39, 0.29) is 0 Å². The van der Waals surface area contributed by atoms with E-state index in [1.807, 2.05) is 0 Å². The van der Waals surface area contributed by atoms with Crippen LogP contribution >= 0.6 is 0 Å². The fraction of sp³-hybridized carbons (Fsp3) is 0.302. The monoisotopic (exact) mass is 586 g/mol. The van der Waals surface area contributed by atoms with Crippen LogP contribution in [0, 0.1) is 17.8 Å². The SMILES string of the molecule is CC1CC=CC=C1c1cccc(N2C3C=CC=CC3C3C=CC(c4ccc5c(c4)c4ccccc4n5C4=CCCCC4)CC32)c1. The van der Waals surface area contributed by atoms with E-state index in [1.165, 1.54) is 75.6 Å². The molecule has 6 unspecified atom stereocenters. The molecule has 0 N–H and O–H groups in total. The average Bonchev–Trinajstić information content (AvgIpc) is 3.61. The third-order valence-electron chi connectivity index (χ3n) is 11.4. The van der Waals surface area contributed by atoms with E-state index in [9.17, 15) is 0 Å². The molecule has 1 aromatic heterocycles. The Morgan fingerprint density at radius 3 is 2.58 bits per heavy atom. The van der Waals surface area contributed by atoms with Crippen molar-refractivity contribution in [3.8, 4) is 0 Å². The van der Waals surface area contributed by atoms with Crippen molar-refractivity contribution in [3.05, 3.63) is 139 Å². The number of anilines is 1. The summed E-state index contributed by atoms with van der Waals surface area (Å²) < 4.78 is 2.55. The summed E-state index contributed by atoms with van der Waals surface area (Å²) in [5, 5.41) is 2.77. The molecule has 0 spiro atoms. The van der Waals surface area contributed by atoms with Crippen LogP contribution in [0.15, 0.2) is 127 Å². The molecule has 5 aliphatic rings. The van der Waals surface area contributed by atoms with Crippen molar-refractivity contribution in [2.45, 2.75) is 63.5 Å². The first-order chi connectivity index (χ1) is 22.2. The van der Waals surface area contributed by atoms with Crippen LogP contribution < -0.4 is 4.90 Å². The fourth-order valence-corrected chi connectivity index (χ4v) is 9.18. The zero-order chi connectivity index (χ0) is 29.9. The van der Waals surface area contributed by atoms with Crippen LogP contribution in [0.3, 0.4) is 0 Å². The van der Waals surface area contributed by atoms with Gasteiger partial charge in [0.2, 0.25) is 0 Å². The second kappa shape index (κ2) is 10.9. The van der Waals surface area contributed by atoms with Gasteiger partial charge in [0.25, 0.3) is 0 Å². The predicted octanol–water partition coefficient (Wildman–Crippen LogP) is 10.8. The molecule has 1 saturated heterocycles. The molecular weight excluding hydrogens is 544 g/mol. The van der Waals surface area contributed by atoms with Gasteiger partial charge in [-0.3, -0.25) is 0 Å². The Labute approximate surface area is 267 Å². The molecule has 6 atom stereocenters. The van der Waals surface area contributed by atoms with Gasteiger partial charge in [-0.15, -0.1) is 0 Å². The third kappa shape index (κ3) is 4.44. The molecule has 0 bridgehead atoms. The van der Waals surface area contributed by atoms with Crippen LogP contribution in [0.25, 0.3) is 33.1 Å². The summed E-state index contributed by atoms with van der Waals surface area (Å²) in [5.74, 6) is 1.99. The van der Waals surface area contributed by atoms with E-state index >= 15 is 0 Å². The summed E-state index contributed by atoms with van der Waals surface area (Å²) in [7, 11) is 0. The zero-order valence-electron chi connectivity index (χ0n) is 26.2. The number of aromatic nitrogens is 1. The summed E-state index contributed by atoms with van der Waals surface area (Å²) in [6.07, 6.45) is 31.1. The quantitative estimate of drug-likeness (QED) is 0.216. The van der Waals surface area contributed by atoms with E-state index < -0.39 is 0 Å². The van der Waals surface area contributed by atoms with E-state index in [4.69, 9.17) is 0 Å². The normalized spacial score (nSPS) is 28.8. The highest BCUT2D eigenvalue weighted by Crippen LogP contribution is 2.49. The highest BCUT2D eigenvalue weighted by Gasteiger charge is 2.48. The van der Waals surface area contributed by atoms with Gasteiger partial charge in [-0.25, -0.2) is 0 Å². The number of para-hydroxylation sites is 1. The van der Waals surface area contributed by atoms with Gasteiger partial charge in [-0.2, -0.15) is 0 Å². The van der Waals surface area contributed by atoms with Gasteiger partial charge < -0.3 is 9.47 Å². The Morgan fingerprint density at radius 1 is 0.756 bits per heavy atom. The molecule has 4 aliphatic carbocycles. The Kier molecular flexibility index (Phi) is 6.58. The van der Waals surface area contributed by atoms with Crippen molar-refractivity contribution in [2.75, 3.05) is 4.90 Å². The van der Waals surface area contributed by atoms with E-state index in [1.54, 1.807) is 0 Å². The minimum Gasteiger partial charge on any atom is -0.361 e. The lowest BCUT2D eigenvalue weighted by molar-refractivity contribution is 0.438. The number of allylic oxidation sites excluding steroid dienone is 9. The minimum absolute atomic E-state index is 0.394. The van der Waals surface area contributed by atoms with Crippen molar-refractivity contribution in [2.24, 2.45) is 17.8 Å². The summed E-state index contributed by atoms with van der Waals surface area (Å²) in [5.41, 5.74) is 9.82. The molecule has 2 heterocycles. The Balaban J connectivity index is 1.10. The van der Waals surface area contributed by atoms with Gasteiger partial charge >= 0.3 is 0 Å². The van der Waals surface area contributed by atoms with Gasteiger partial charge in [0.15, 0.2) is 0 Å². The summed E-state index contributed by atoms with van der Waals surface area (Å²) in [6.45, 7) is 2.36. The molecule has 1 fully saturated rings. The first-order valence-corrected chi connectivity index (χ1v) is 17.3. The number of benzene rings is 3. The molecule has 0 saturated carbocycles. The Bertz CT molecular complexity index is 1980. The largest absolute Gasteiger partial charge is 0.361 e. The van der Waals surface area contributed by atoms with E-state index in [2.05, 4.69) is 144 Å². The number of hydrogen-bond acceptors (Lipinski definition) is 1. The van der Waals surface area contributed by atoms with Gasteiger partial charge in [0.1, 0.15) is 0 Å². The van der Waals surface area contributed by atoms with Gasteiger partial charge in [-0.05, 0) is 91.5 Å².